The second kappa shape index (κ2) is 11.3. The largest absolute Gasteiger partial charge is 0.381 e. The van der Waals surface area contributed by atoms with Crippen LogP contribution >= 0.6 is 0 Å². The van der Waals surface area contributed by atoms with Crippen molar-refractivity contribution in [2.45, 2.75) is 39.1 Å². The second-order valence-corrected chi connectivity index (χ2v) is 8.27. The number of nitrogens with one attached hydrogen (secondary N) is 2. The van der Waals surface area contributed by atoms with Gasteiger partial charge < -0.3 is 15.4 Å². The molecule has 0 bridgehead atoms. The zero-order valence-electron chi connectivity index (χ0n) is 19.4. The fourth-order valence-corrected chi connectivity index (χ4v) is 4.06. The van der Waals surface area contributed by atoms with Crippen molar-refractivity contribution in [1.29, 1.82) is 0 Å². The highest BCUT2D eigenvalue weighted by atomic mass is 16.5. The van der Waals surface area contributed by atoms with E-state index < -0.39 is 0 Å². The number of hydrogen-bond donors (Lipinski definition) is 2. The van der Waals surface area contributed by atoms with Gasteiger partial charge in [0.2, 0.25) is 0 Å². The van der Waals surface area contributed by atoms with Gasteiger partial charge in [0, 0.05) is 35.6 Å². The van der Waals surface area contributed by atoms with Crippen LogP contribution in [0.5, 0.6) is 0 Å². The summed E-state index contributed by atoms with van der Waals surface area (Å²) in [6, 6.07) is 37.7. The van der Waals surface area contributed by atoms with E-state index in [9.17, 15) is 0 Å². The van der Waals surface area contributed by atoms with Crippen molar-refractivity contribution in [2.75, 3.05) is 10.6 Å². The molecular formula is C30H32N2O. The molecule has 0 radical (unpaired) electrons. The van der Waals surface area contributed by atoms with E-state index in [1.54, 1.807) is 0 Å². The fraction of sp³-hybridized carbons (Fsp3) is 0.200. The quantitative estimate of drug-likeness (QED) is 0.267. The summed E-state index contributed by atoms with van der Waals surface area (Å²) in [4.78, 5) is 0. The van der Waals surface area contributed by atoms with E-state index in [0.717, 1.165) is 35.6 Å². The van der Waals surface area contributed by atoms with Crippen LogP contribution in [0.15, 0.2) is 109 Å². The second-order valence-electron chi connectivity index (χ2n) is 8.27. The first-order valence-corrected chi connectivity index (χ1v) is 11.6. The fourth-order valence-electron chi connectivity index (χ4n) is 4.06. The van der Waals surface area contributed by atoms with Crippen molar-refractivity contribution in [2.24, 2.45) is 0 Å². The van der Waals surface area contributed by atoms with Gasteiger partial charge in [0.1, 0.15) is 0 Å². The molecule has 0 aliphatic rings. The Morgan fingerprint density at radius 1 is 0.515 bits per heavy atom. The Labute approximate surface area is 197 Å². The highest BCUT2D eigenvalue weighted by molar-refractivity contribution is 5.54. The molecule has 3 nitrogen and oxygen atoms in total. The molecule has 0 heterocycles. The van der Waals surface area contributed by atoms with E-state index in [0.29, 0.717) is 0 Å². The lowest BCUT2D eigenvalue weighted by Gasteiger charge is -2.24. The van der Waals surface area contributed by atoms with Crippen LogP contribution in [-0.4, -0.2) is 0 Å². The van der Waals surface area contributed by atoms with Gasteiger partial charge in [-0.15, -0.1) is 0 Å². The molecule has 0 fully saturated rings. The van der Waals surface area contributed by atoms with E-state index in [1.807, 2.05) is 12.1 Å². The summed E-state index contributed by atoms with van der Waals surface area (Å²) in [5.74, 6) is 0. The summed E-state index contributed by atoms with van der Waals surface area (Å²) in [7, 11) is 0. The normalized spacial score (nSPS) is 12.7. The highest BCUT2D eigenvalue weighted by Gasteiger charge is 2.17. The van der Waals surface area contributed by atoms with Crippen LogP contribution < -0.4 is 10.6 Å². The summed E-state index contributed by atoms with van der Waals surface area (Å²) in [5, 5.41) is 7.16. The Morgan fingerprint density at radius 3 is 1.30 bits per heavy atom. The third-order valence-corrected chi connectivity index (χ3v) is 5.86. The summed E-state index contributed by atoms with van der Waals surface area (Å²) in [5.41, 5.74) is 7.05. The molecule has 0 saturated carbocycles. The predicted molar refractivity (Wildman–Crippen MR) is 138 cm³/mol. The van der Waals surface area contributed by atoms with Gasteiger partial charge in [-0.05, 0) is 37.1 Å². The van der Waals surface area contributed by atoms with Gasteiger partial charge in [-0.3, -0.25) is 0 Å². The maximum Gasteiger partial charge on any atom is 0.0824 e. The Kier molecular flexibility index (Phi) is 7.78. The monoisotopic (exact) mass is 436 g/mol. The first-order valence-electron chi connectivity index (χ1n) is 11.6. The molecule has 0 amide bonds. The number of para-hydroxylation sites is 2. The molecule has 0 aliphatic carbocycles. The van der Waals surface area contributed by atoms with Crippen LogP contribution in [0, 0.1) is 0 Å². The van der Waals surface area contributed by atoms with Crippen molar-refractivity contribution >= 4 is 11.4 Å². The highest BCUT2D eigenvalue weighted by Crippen LogP contribution is 2.33. The van der Waals surface area contributed by atoms with Crippen molar-refractivity contribution in [3.05, 3.63) is 131 Å². The molecule has 4 aromatic carbocycles. The van der Waals surface area contributed by atoms with Crippen LogP contribution in [-0.2, 0) is 17.8 Å². The summed E-state index contributed by atoms with van der Waals surface area (Å²) in [6.45, 7) is 5.82. The molecule has 0 aromatic heterocycles. The Hall–Kier alpha value is -3.56. The van der Waals surface area contributed by atoms with Crippen molar-refractivity contribution in [1.82, 2.24) is 0 Å². The first kappa shape index (κ1) is 22.6. The molecular weight excluding hydrogens is 404 g/mol. The lowest BCUT2D eigenvalue weighted by atomic mass is 10.1. The third-order valence-electron chi connectivity index (χ3n) is 5.86. The van der Waals surface area contributed by atoms with Gasteiger partial charge >= 0.3 is 0 Å². The molecule has 3 heteroatoms. The summed E-state index contributed by atoms with van der Waals surface area (Å²) >= 11 is 0. The summed E-state index contributed by atoms with van der Waals surface area (Å²) < 4.78 is 6.53. The van der Waals surface area contributed by atoms with Gasteiger partial charge in [0.05, 0.1) is 12.2 Å². The van der Waals surface area contributed by atoms with E-state index in [1.165, 1.54) is 11.1 Å². The molecule has 0 saturated heterocycles. The first-order chi connectivity index (χ1) is 16.2. The Balaban J connectivity index is 1.43. The zero-order valence-corrected chi connectivity index (χ0v) is 19.4. The van der Waals surface area contributed by atoms with Crippen LogP contribution in [0.1, 0.15) is 48.3 Å². The minimum absolute atomic E-state index is 0.0540. The standard InChI is InChI=1S/C30H32N2O/c1-23(27-17-9-11-19-29(27)31-21-25-13-5-3-6-14-25)33-24(2)28-18-10-12-20-30(28)32-22-26-15-7-4-8-16-26/h3-20,23-24,31-32H,21-22H2,1-2H3. The number of rotatable bonds is 10. The van der Waals surface area contributed by atoms with Gasteiger partial charge in [-0.2, -0.15) is 0 Å². The number of hydrogen-bond acceptors (Lipinski definition) is 3. The Bertz CT molecular complexity index is 1040. The average molecular weight is 437 g/mol. The predicted octanol–water partition coefficient (Wildman–Crippen LogP) is 7.75. The molecule has 0 aliphatic heterocycles. The van der Waals surface area contributed by atoms with E-state index >= 15 is 0 Å². The average Bonchev–Trinajstić information content (AvgIpc) is 2.87. The Morgan fingerprint density at radius 2 is 0.879 bits per heavy atom. The minimum Gasteiger partial charge on any atom is -0.381 e. The number of benzene rings is 4. The van der Waals surface area contributed by atoms with E-state index in [2.05, 4.69) is 122 Å². The zero-order chi connectivity index (χ0) is 22.9. The smallest absolute Gasteiger partial charge is 0.0824 e. The maximum atomic E-state index is 6.53. The van der Waals surface area contributed by atoms with Crippen LogP contribution in [0.25, 0.3) is 0 Å². The van der Waals surface area contributed by atoms with E-state index in [4.69, 9.17) is 4.74 Å². The molecule has 2 unspecified atom stereocenters. The number of anilines is 2. The van der Waals surface area contributed by atoms with Crippen molar-refractivity contribution in [3.63, 3.8) is 0 Å². The molecule has 2 atom stereocenters. The van der Waals surface area contributed by atoms with Gasteiger partial charge in [0.15, 0.2) is 0 Å². The lowest BCUT2D eigenvalue weighted by Crippen LogP contribution is -2.11. The molecule has 168 valence electrons. The maximum absolute atomic E-state index is 6.53. The number of ether oxygens (including phenoxy) is 1. The van der Waals surface area contributed by atoms with Crippen LogP contribution in [0.2, 0.25) is 0 Å². The van der Waals surface area contributed by atoms with Gasteiger partial charge in [-0.25, -0.2) is 0 Å². The molecule has 0 spiro atoms. The van der Waals surface area contributed by atoms with Crippen molar-refractivity contribution in [3.8, 4) is 0 Å². The van der Waals surface area contributed by atoms with E-state index in [-0.39, 0.29) is 12.2 Å². The molecule has 33 heavy (non-hydrogen) atoms. The van der Waals surface area contributed by atoms with Gasteiger partial charge in [-0.1, -0.05) is 97.1 Å². The van der Waals surface area contributed by atoms with Gasteiger partial charge in [0.25, 0.3) is 0 Å². The lowest BCUT2D eigenvalue weighted by molar-refractivity contribution is 0.00658. The summed E-state index contributed by atoms with van der Waals surface area (Å²) in [6.07, 6.45) is -0.108. The molecule has 4 rings (SSSR count). The van der Waals surface area contributed by atoms with Crippen LogP contribution in [0.4, 0.5) is 11.4 Å². The molecule has 2 N–H and O–H groups in total. The van der Waals surface area contributed by atoms with Crippen LogP contribution in [0.3, 0.4) is 0 Å². The molecule has 4 aromatic rings. The third kappa shape index (κ3) is 6.24. The minimum atomic E-state index is -0.0540. The van der Waals surface area contributed by atoms with Crippen molar-refractivity contribution < 1.29 is 4.74 Å². The SMILES string of the molecule is CC(OC(C)c1ccccc1NCc1ccccc1)c1ccccc1NCc1ccccc1. The topological polar surface area (TPSA) is 33.3 Å².